The third-order valence-corrected chi connectivity index (χ3v) is 7.62. The van der Waals surface area contributed by atoms with E-state index in [1.165, 1.54) is 4.90 Å². The molecule has 5 heteroatoms. The highest BCUT2D eigenvalue weighted by atomic mass is 16.2. The van der Waals surface area contributed by atoms with E-state index in [4.69, 9.17) is 0 Å². The van der Waals surface area contributed by atoms with Crippen molar-refractivity contribution in [2.24, 2.45) is 16.7 Å². The van der Waals surface area contributed by atoms with Crippen LogP contribution in [0.5, 0.6) is 0 Å². The summed E-state index contributed by atoms with van der Waals surface area (Å²) in [5.41, 5.74) is 1.53. The Kier molecular flexibility index (Phi) is 5.24. The number of rotatable bonds is 5. The van der Waals surface area contributed by atoms with Crippen molar-refractivity contribution in [2.75, 3.05) is 5.32 Å². The van der Waals surface area contributed by atoms with Crippen LogP contribution >= 0.6 is 0 Å². The molecule has 2 aromatic rings. The van der Waals surface area contributed by atoms with Crippen LogP contribution in [0.25, 0.3) is 0 Å². The van der Waals surface area contributed by atoms with Gasteiger partial charge in [-0.25, -0.2) is 0 Å². The maximum absolute atomic E-state index is 13.7. The van der Waals surface area contributed by atoms with Gasteiger partial charge in [0.25, 0.3) is 0 Å². The fourth-order valence-electron chi connectivity index (χ4n) is 5.23. The molecule has 2 aromatic carbocycles. The number of imide groups is 1. The molecule has 3 atom stereocenters. The van der Waals surface area contributed by atoms with Gasteiger partial charge in [-0.05, 0) is 48.4 Å². The van der Waals surface area contributed by atoms with Gasteiger partial charge in [-0.3, -0.25) is 19.3 Å². The van der Waals surface area contributed by atoms with Crippen molar-refractivity contribution in [1.29, 1.82) is 0 Å². The average molecular weight is 419 g/mol. The molecule has 1 N–H and O–H groups in total. The Morgan fingerprint density at radius 2 is 1.81 bits per heavy atom. The van der Waals surface area contributed by atoms with E-state index < -0.39 is 16.9 Å². The molecule has 3 amide bonds. The van der Waals surface area contributed by atoms with Crippen molar-refractivity contribution in [3.05, 3.63) is 65.7 Å². The first-order chi connectivity index (χ1) is 14.6. The van der Waals surface area contributed by atoms with Crippen LogP contribution in [0.2, 0.25) is 0 Å². The van der Waals surface area contributed by atoms with Gasteiger partial charge in [-0.2, -0.15) is 0 Å². The molecule has 1 heterocycles. The molecule has 0 aromatic heterocycles. The van der Waals surface area contributed by atoms with Gasteiger partial charge in [-0.1, -0.05) is 63.2 Å². The quantitative estimate of drug-likeness (QED) is 0.734. The van der Waals surface area contributed by atoms with Crippen LogP contribution < -0.4 is 5.32 Å². The number of nitrogens with zero attached hydrogens (tertiary/aromatic N) is 1. The number of fused-ring (bicyclic) bond motifs is 2. The van der Waals surface area contributed by atoms with Crippen molar-refractivity contribution < 1.29 is 14.4 Å². The van der Waals surface area contributed by atoms with Gasteiger partial charge in [0.2, 0.25) is 17.7 Å². The normalized spacial score (nSPS) is 25.4. The van der Waals surface area contributed by atoms with Gasteiger partial charge in [-0.15, -0.1) is 0 Å². The number of amides is 3. The van der Waals surface area contributed by atoms with Crippen LogP contribution in [0, 0.1) is 23.7 Å². The molecule has 2 bridgehead atoms. The number of anilines is 1. The Bertz CT molecular complexity index is 1030. The largest absolute Gasteiger partial charge is 0.324 e. The van der Waals surface area contributed by atoms with Crippen LogP contribution in [-0.2, 0) is 20.8 Å². The second kappa shape index (κ2) is 7.63. The molecule has 1 aliphatic carbocycles. The van der Waals surface area contributed by atoms with E-state index in [1.807, 2.05) is 82.3 Å². The van der Waals surface area contributed by atoms with E-state index in [2.05, 4.69) is 5.32 Å². The maximum atomic E-state index is 13.7. The topological polar surface area (TPSA) is 66.5 Å². The lowest BCUT2D eigenvalue weighted by molar-refractivity contribution is -0.172. The van der Waals surface area contributed by atoms with E-state index >= 15 is 0 Å². The minimum Gasteiger partial charge on any atom is -0.324 e. The van der Waals surface area contributed by atoms with Crippen LogP contribution in [-0.4, -0.2) is 28.7 Å². The highest BCUT2D eigenvalue weighted by Crippen LogP contribution is 2.60. The van der Waals surface area contributed by atoms with Crippen molar-refractivity contribution in [2.45, 2.75) is 53.0 Å². The summed E-state index contributed by atoms with van der Waals surface area (Å²) in [4.78, 5) is 42.0. The minimum absolute atomic E-state index is 0.217. The highest BCUT2D eigenvalue weighted by molar-refractivity contribution is 6.09. The number of carbonyl (C=O) groups excluding carboxylic acids is 3. The number of aryl methyl sites for hydroxylation is 1. The molecule has 4 rings (SSSR count). The number of carbonyl (C=O) groups is 3. The van der Waals surface area contributed by atoms with E-state index in [0.29, 0.717) is 24.9 Å². The summed E-state index contributed by atoms with van der Waals surface area (Å²) in [7, 11) is 0. The zero-order valence-electron chi connectivity index (χ0n) is 18.6. The summed E-state index contributed by atoms with van der Waals surface area (Å²) in [6, 6.07) is 16.2. The van der Waals surface area contributed by atoms with Crippen LogP contribution in [0.15, 0.2) is 54.6 Å². The molecular formula is C26H30N2O3. The summed E-state index contributed by atoms with van der Waals surface area (Å²) in [6.07, 6.45) is 1.64. The number of benzene rings is 2. The molecule has 3 unspecified atom stereocenters. The summed E-state index contributed by atoms with van der Waals surface area (Å²) >= 11 is 0. The first-order valence-corrected chi connectivity index (χ1v) is 10.9. The predicted molar refractivity (Wildman–Crippen MR) is 120 cm³/mol. The van der Waals surface area contributed by atoms with Crippen LogP contribution in [0.3, 0.4) is 0 Å². The van der Waals surface area contributed by atoms with E-state index in [1.54, 1.807) is 0 Å². The Morgan fingerprint density at radius 1 is 1.10 bits per heavy atom. The molecule has 5 nitrogen and oxygen atoms in total. The molecule has 2 fully saturated rings. The average Bonchev–Trinajstić information content (AvgIpc) is 2.91. The van der Waals surface area contributed by atoms with Crippen LogP contribution in [0.1, 0.15) is 44.7 Å². The summed E-state index contributed by atoms with van der Waals surface area (Å²) in [6.45, 7) is 7.93. The zero-order chi connectivity index (χ0) is 22.4. The van der Waals surface area contributed by atoms with Gasteiger partial charge >= 0.3 is 0 Å². The highest BCUT2D eigenvalue weighted by Gasteiger charge is 2.65. The third-order valence-electron chi connectivity index (χ3n) is 7.62. The standard InChI is InChI=1S/C26H30N2O3/c1-17-9-8-12-19(15-17)27-22(29)21(16-18-10-6-5-7-11-18)28-23(30)20-13-14-26(4,24(28)31)25(20,2)3/h5-12,15,20-21H,13-14,16H2,1-4H3,(H,27,29). The van der Waals surface area contributed by atoms with Crippen molar-refractivity contribution in [1.82, 2.24) is 4.90 Å². The van der Waals surface area contributed by atoms with Crippen molar-refractivity contribution in [3.8, 4) is 0 Å². The van der Waals surface area contributed by atoms with Gasteiger partial charge in [0, 0.05) is 18.0 Å². The van der Waals surface area contributed by atoms with Crippen molar-refractivity contribution >= 4 is 23.4 Å². The Hall–Kier alpha value is -2.95. The van der Waals surface area contributed by atoms with E-state index in [0.717, 1.165) is 11.1 Å². The Morgan fingerprint density at radius 3 is 2.48 bits per heavy atom. The fraction of sp³-hybridized carbons (Fsp3) is 0.423. The lowest BCUT2D eigenvalue weighted by Crippen LogP contribution is -2.64. The Labute approximate surface area is 183 Å². The molecular weight excluding hydrogens is 388 g/mol. The second-order valence-electron chi connectivity index (χ2n) is 9.72. The number of likely N-dealkylation sites (tertiary alicyclic amines) is 1. The van der Waals surface area contributed by atoms with Gasteiger partial charge in [0.05, 0.1) is 5.41 Å². The predicted octanol–water partition coefficient (Wildman–Crippen LogP) is 4.36. The molecule has 0 spiro atoms. The van der Waals surface area contributed by atoms with Crippen LogP contribution in [0.4, 0.5) is 5.69 Å². The molecule has 0 radical (unpaired) electrons. The number of piperidine rings is 1. The number of hydrogen-bond donors (Lipinski definition) is 1. The third kappa shape index (κ3) is 3.46. The summed E-state index contributed by atoms with van der Waals surface area (Å²) in [5, 5.41) is 2.94. The van der Waals surface area contributed by atoms with Gasteiger partial charge in [0.1, 0.15) is 6.04 Å². The van der Waals surface area contributed by atoms with E-state index in [9.17, 15) is 14.4 Å². The summed E-state index contributed by atoms with van der Waals surface area (Å²) < 4.78 is 0. The fourth-order valence-corrected chi connectivity index (χ4v) is 5.23. The smallest absolute Gasteiger partial charge is 0.248 e. The van der Waals surface area contributed by atoms with Gasteiger partial charge in [0.15, 0.2) is 0 Å². The number of nitrogens with one attached hydrogen (secondary N) is 1. The molecule has 162 valence electrons. The van der Waals surface area contributed by atoms with E-state index in [-0.39, 0.29) is 23.6 Å². The monoisotopic (exact) mass is 418 g/mol. The lowest BCUT2D eigenvalue weighted by atomic mass is 9.62. The molecule has 2 aliphatic rings. The molecule has 1 saturated heterocycles. The second-order valence-corrected chi connectivity index (χ2v) is 9.72. The lowest BCUT2D eigenvalue weighted by Gasteiger charge is -2.49. The molecule has 1 saturated carbocycles. The summed E-state index contributed by atoms with van der Waals surface area (Å²) in [5.74, 6) is -1.03. The Balaban J connectivity index is 1.71. The first-order valence-electron chi connectivity index (χ1n) is 10.9. The SMILES string of the molecule is Cc1cccc(NC(=O)C(Cc2ccccc2)N2C(=O)C3CCC(C)(C2=O)C3(C)C)c1. The molecule has 31 heavy (non-hydrogen) atoms. The molecule has 1 aliphatic heterocycles. The minimum atomic E-state index is -0.890. The van der Waals surface area contributed by atoms with Crippen molar-refractivity contribution in [3.63, 3.8) is 0 Å². The van der Waals surface area contributed by atoms with Gasteiger partial charge < -0.3 is 5.32 Å². The maximum Gasteiger partial charge on any atom is 0.248 e. The number of hydrogen-bond acceptors (Lipinski definition) is 3. The zero-order valence-corrected chi connectivity index (χ0v) is 18.6. The first kappa shape index (κ1) is 21.3.